The second kappa shape index (κ2) is 7.40. The Hall–Kier alpha value is 0.0569. The summed E-state index contributed by atoms with van der Waals surface area (Å²) in [7, 11) is 1.20. The van der Waals surface area contributed by atoms with Crippen molar-refractivity contribution in [3.63, 3.8) is 0 Å². The first-order valence-corrected chi connectivity index (χ1v) is 7.59. The van der Waals surface area contributed by atoms with Crippen LogP contribution in [0, 0.1) is 0 Å². The summed E-state index contributed by atoms with van der Waals surface area (Å²) < 4.78 is 11.4. The number of ether oxygens (including phenoxy) is 1. The first-order chi connectivity index (χ1) is 7.72. The minimum Gasteiger partial charge on any atom is -0.424 e. The van der Waals surface area contributed by atoms with E-state index in [1.165, 1.54) is 12.8 Å². The van der Waals surface area contributed by atoms with Gasteiger partial charge < -0.3 is 20.6 Å². The smallest absolute Gasteiger partial charge is 0.193 e. The van der Waals surface area contributed by atoms with Crippen LogP contribution in [0.25, 0.3) is 0 Å². The van der Waals surface area contributed by atoms with Gasteiger partial charge in [0, 0.05) is 19.8 Å². The molecule has 5 heteroatoms. The molecule has 0 radical (unpaired) electrons. The van der Waals surface area contributed by atoms with Crippen LogP contribution in [0.15, 0.2) is 0 Å². The van der Waals surface area contributed by atoms with Crippen LogP contribution in [0.3, 0.4) is 0 Å². The molecular weight excluding hydrogens is 220 g/mol. The fourth-order valence-corrected chi connectivity index (χ4v) is 3.86. The summed E-state index contributed by atoms with van der Waals surface area (Å²) in [6.45, 7) is 1.57. The fourth-order valence-electron chi connectivity index (χ4n) is 2.36. The SMILES string of the molecule is CO[SiH2]C1(CCC(N)CCN)CCCCO1. The van der Waals surface area contributed by atoms with Gasteiger partial charge >= 0.3 is 0 Å². The molecule has 1 fully saturated rings. The molecule has 0 spiro atoms. The fraction of sp³-hybridized carbons (Fsp3) is 1.00. The van der Waals surface area contributed by atoms with Crippen LogP contribution in [0.1, 0.15) is 38.5 Å². The zero-order chi connectivity index (χ0) is 11.9. The average Bonchev–Trinajstić information content (AvgIpc) is 2.29. The predicted molar refractivity (Wildman–Crippen MR) is 69.0 cm³/mol. The maximum absolute atomic E-state index is 6.00. The van der Waals surface area contributed by atoms with Gasteiger partial charge in [-0.1, -0.05) is 0 Å². The van der Waals surface area contributed by atoms with E-state index in [4.69, 9.17) is 20.6 Å². The van der Waals surface area contributed by atoms with Gasteiger partial charge in [0.2, 0.25) is 0 Å². The molecule has 0 aromatic carbocycles. The van der Waals surface area contributed by atoms with E-state index in [0.717, 1.165) is 32.3 Å². The molecule has 4 nitrogen and oxygen atoms in total. The van der Waals surface area contributed by atoms with Gasteiger partial charge in [0.25, 0.3) is 0 Å². The van der Waals surface area contributed by atoms with E-state index >= 15 is 0 Å². The third-order valence-electron chi connectivity index (χ3n) is 3.35. The van der Waals surface area contributed by atoms with Gasteiger partial charge in [0.05, 0.1) is 5.22 Å². The number of nitrogens with two attached hydrogens (primary N) is 2. The lowest BCUT2D eigenvalue weighted by molar-refractivity contribution is -0.0351. The maximum atomic E-state index is 6.00. The van der Waals surface area contributed by atoms with Crippen molar-refractivity contribution in [3.05, 3.63) is 0 Å². The van der Waals surface area contributed by atoms with Crippen molar-refractivity contribution in [3.8, 4) is 0 Å². The third-order valence-corrected chi connectivity index (χ3v) is 5.08. The largest absolute Gasteiger partial charge is 0.424 e. The Kier molecular flexibility index (Phi) is 6.53. The first-order valence-electron chi connectivity index (χ1n) is 6.31. The number of hydrogen-bond donors (Lipinski definition) is 2. The Bertz CT molecular complexity index is 181. The van der Waals surface area contributed by atoms with Gasteiger partial charge in [-0.15, -0.1) is 0 Å². The Morgan fingerprint density at radius 1 is 1.44 bits per heavy atom. The zero-order valence-corrected chi connectivity index (χ0v) is 11.8. The van der Waals surface area contributed by atoms with Crippen LogP contribution < -0.4 is 11.5 Å². The van der Waals surface area contributed by atoms with Crippen LogP contribution in [0.5, 0.6) is 0 Å². The molecule has 1 aliphatic rings. The highest BCUT2D eigenvalue weighted by Gasteiger charge is 2.34. The van der Waals surface area contributed by atoms with Crippen molar-refractivity contribution < 1.29 is 9.16 Å². The molecule has 2 atom stereocenters. The minimum atomic E-state index is -0.597. The quantitative estimate of drug-likeness (QED) is 0.624. The van der Waals surface area contributed by atoms with Crippen molar-refractivity contribution >= 4 is 9.76 Å². The topological polar surface area (TPSA) is 70.5 Å². The third kappa shape index (κ3) is 4.51. The Balaban J connectivity index is 2.37. The van der Waals surface area contributed by atoms with Crippen LogP contribution in [0.4, 0.5) is 0 Å². The van der Waals surface area contributed by atoms with Gasteiger partial charge in [0.15, 0.2) is 9.76 Å². The summed E-state index contributed by atoms with van der Waals surface area (Å²) in [5.41, 5.74) is 11.5. The number of rotatable bonds is 7. The molecule has 0 amide bonds. The zero-order valence-electron chi connectivity index (χ0n) is 10.4. The molecule has 1 rings (SSSR count). The van der Waals surface area contributed by atoms with Gasteiger partial charge in [0.1, 0.15) is 0 Å². The highest BCUT2D eigenvalue weighted by Crippen LogP contribution is 2.29. The van der Waals surface area contributed by atoms with E-state index in [2.05, 4.69) is 0 Å². The highest BCUT2D eigenvalue weighted by atomic mass is 28.2. The molecule has 0 aromatic rings. The Morgan fingerprint density at radius 3 is 2.81 bits per heavy atom. The van der Waals surface area contributed by atoms with Crippen LogP contribution in [0.2, 0.25) is 0 Å². The molecule has 4 N–H and O–H groups in total. The molecule has 0 saturated carbocycles. The van der Waals surface area contributed by atoms with Crippen molar-refractivity contribution in [2.75, 3.05) is 20.3 Å². The molecule has 1 aliphatic heterocycles. The van der Waals surface area contributed by atoms with Crippen molar-refractivity contribution in [2.24, 2.45) is 11.5 Å². The summed E-state index contributed by atoms with van der Waals surface area (Å²) in [5, 5.41) is 0.0548. The molecule has 1 saturated heterocycles. The van der Waals surface area contributed by atoms with E-state index in [0.29, 0.717) is 6.54 Å². The van der Waals surface area contributed by atoms with E-state index < -0.39 is 9.76 Å². The van der Waals surface area contributed by atoms with E-state index in [1.54, 1.807) is 7.11 Å². The van der Waals surface area contributed by atoms with Gasteiger partial charge in [-0.2, -0.15) is 0 Å². The summed E-state index contributed by atoms with van der Waals surface area (Å²) in [6.07, 6.45) is 6.58. The monoisotopic (exact) mass is 246 g/mol. The van der Waals surface area contributed by atoms with Crippen LogP contribution >= 0.6 is 0 Å². The van der Waals surface area contributed by atoms with E-state index in [9.17, 15) is 0 Å². The molecule has 2 unspecified atom stereocenters. The van der Waals surface area contributed by atoms with Crippen LogP contribution in [-0.4, -0.2) is 41.3 Å². The Labute approximate surface area is 101 Å². The highest BCUT2D eigenvalue weighted by molar-refractivity contribution is 6.31. The Morgan fingerprint density at radius 2 is 2.25 bits per heavy atom. The van der Waals surface area contributed by atoms with Gasteiger partial charge in [-0.3, -0.25) is 0 Å². The molecule has 1 heterocycles. The van der Waals surface area contributed by atoms with Crippen molar-refractivity contribution in [2.45, 2.75) is 49.8 Å². The minimum absolute atomic E-state index is 0.0548. The predicted octanol–water partition coefficient (Wildman–Crippen LogP) is 0.0697. The lowest BCUT2D eigenvalue weighted by atomic mass is 10.00. The van der Waals surface area contributed by atoms with Gasteiger partial charge in [-0.05, 0) is 45.1 Å². The lowest BCUT2D eigenvalue weighted by Crippen LogP contribution is -2.44. The average molecular weight is 246 g/mol. The van der Waals surface area contributed by atoms with Crippen molar-refractivity contribution in [1.29, 1.82) is 0 Å². The maximum Gasteiger partial charge on any atom is 0.193 e. The summed E-state index contributed by atoms with van der Waals surface area (Å²) in [5.74, 6) is 0. The lowest BCUT2D eigenvalue weighted by Gasteiger charge is -2.37. The molecule has 0 bridgehead atoms. The summed E-state index contributed by atoms with van der Waals surface area (Å²) in [6, 6.07) is 0.221. The summed E-state index contributed by atoms with van der Waals surface area (Å²) in [4.78, 5) is 0. The first kappa shape index (κ1) is 14.1. The normalized spacial score (nSPS) is 28.7. The van der Waals surface area contributed by atoms with Crippen LogP contribution in [-0.2, 0) is 9.16 Å². The standard InChI is InChI=1S/C11H26N2O2Si/c1-14-16-11(6-2-3-9-15-11)7-4-10(13)5-8-12/h10H,2-9,12-13,16H2,1H3. The summed E-state index contributed by atoms with van der Waals surface area (Å²) >= 11 is 0. The van der Waals surface area contributed by atoms with Gasteiger partial charge in [-0.25, -0.2) is 0 Å². The molecular formula is C11H26N2O2Si. The van der Waals surface area contributed by atoms with E-state index in [-0.39, 0.29) is 11.3 Å². The number of hydrogen-bond acceptors (Lipinski definition) is 4. The second-order valence-corrected chi connectivity index (χ2v) is 6.95. The van der Waals surface area contributed by atoms with Crippen molar-refractivity contribution in [1.82, 2.24) is 0 Å². The second-order valence-electron chi connectivity index (χ2n) is 4.80. The molecule has 96 valence electrons. The molecule has 0 aliphatic carbocycles. The molecule has 16 heavy (non-hydrogen) atoms. The van der Waals surface area contributed by atoms with E-state index in [1.807, 2.05) is 0 Å². The molecule has 0 aromatic heterocycles.